The third kappa shape index (κ3) is 4.29. The zero-order valence-corrected chi connectivity index (χ0v) is 12.6. The summed E-state index contributed by atoms with van der Waals surface area (Å²) in [5, 5.41) is 11.9. The Labute approximate surface area is 125 Å². The molecule has 1 aromatic carbocycles. The van der Waals surface area contributed by atoms with E-state index in [0.29, 0.717) is 12.8 Å². The van der Waals surface area contributed by atoms with Crippen LogP contribution in [0.1, 0.15) is 44.7 Å². The van der Waals surface area contributed by atoms with E-state index in [4.69, 9.17) is 10.8 Å². The molecule has 1 unspecified atom stereocenters. The number of nitrogens with two attached hydrogens (primary N) is 1. The van der Waals surface area contributed by atoms with E-state index in [1.807, 2.05) is 44.2 Å². The molecule has 0 aliphatic carbocycles. The van der Waals surface area contributed by atoms with Crippen LogP contribution in [0.2, 0.25) is 0 Å². The van der Waals surface area contributed by atoms with Gasteiger partial charge in [0.15, 0.2) is 0 Å². The van der Waals surface area contributed by atoms with Crippen LogP contribution in [0.5, 0.6) is 0 Å². The van der Waals surface area contributed by atoms with Gasteiger partial charge in [0, 0.05) is 6.54 Å². The van der Waals surface area contributed by atoms with Crippen LogP contribution in [-0.4, -0.2) is 23.5 Å². The molecule has 0 aliphatic rings. The van der Waals surface area contributed by atoms with Gasteiger partial charge in [-0.15, -0.1) is 0 Å². The highest BCUT2D eigenvalue weighted by Gasteiger charge is 2.35. The summed E-state index contributed by atoms with van der Waals surface area (Å²) in [6.07, 6.45) is 1.10. The smallest absolute Gasteiger partial charge is 0.305 e. The minimum absolute atomic E-state index is 0.149. The fraction of sp³-hybridized carbons (Fsp3) is 0.500. The van der Waals surface area contributed by atoms with Crippen molar-refractivity contribution in [2.75, 3.05) is 6.54 Å². The number of nitrogens with one attached hydrogen (secondary N) is 1. The Bertz CT molecular complexity index is 461. The maximum absolute atomic E-state index is 12.5. The average molecular weight is 292 g/mol. The molecule has 5 heteroatoms. The summed E-state index contributed by atoms with van der Waals surface area (Å²) in [7, 11) is 0. The standard InChI is InChI=1S/C16H24N2O3/c1-3-16(4-2,11-17)15(21)18-13(10-14(19)20)12-8-6-5-7-9-12/h5-9,13H,3-4,10-11,17H2,1-2H3,(H,18,21)(H,19,20). The highest BCUT2D eigenvalue weighted by Crippen LogP contribution is 2.27. The highest BCUT2D eigenvalue weighted by atomic mass is 16.4. The number of hydrogen-bond donors (Lipinski definition) is 3. The van der Waals surface area contributed by atoms with Crippen molar-refractivity contribution in [3.8, 4) is 0 Å². The van der Waals surface area contributed by atoms with Crippen LogP contribution in [0, 0.1) is 5.41 Å². The quantitative estimate of drug-likeness (QED) is 0.684. The Kier molecular flexibility index (Phi) is 6.37. The number of amides is 1. The molecule has 0 spiro atoms. The molecular weight excluding hydrogens is 268 g/mol. The molecule has 0 aromatic heterocycles. The molecule has 1 aromatic rings. The molecule has 0 bridgehead atoms. The Morgan fingerprint density at radius 2 is 1.81 bits per heavy atom. The summed E-state index contributed by atoms with van der Waals surface area (Å²) in [6.45, 7) is 4.09. The van der Waals surface area contributed by atoms with Crippen LogP contribution in [-0.2, 0) is 9.59 Å². The molecule has 0 radical (unpaired) electrons. The summed E-state index contributed by atoms with van der Waals surface area (Å²) in [5.41, 5.74) is 5.92. The molecule has 21 heavy (non-hydrogen) atoms. The SMILES string of the molecule is CCC(CC)(CN)C(=O)NC(CC(=O)O)c1ccccc1. The molecule has 1 rings (SSSR count). The monoisotopic (exact) mass is 292 g/mol. The zero-order chi connectivity index (χ0) is 15.9. The molecule has 0 aliphatic heterocycles. The van der Waals surface area contributed by atoms with Crippen LogP contribution in [0.3, 0.4) is 0 Å². The predicted octanol–water partition coefficient (Wildman–Crippen LogP) is 2.08. The van der Waals surface area contributed by atoms with Crippen molar-refractivity contribution in [3.05, 3.63) is 35.9 Å². The number of benzene rings is 1. The fourth-order valence-electron chi connectivity index (χ4n) is 2.38. The Morgan fingerprint density at radius 3 is 2.24 bits per heavy atom. The largest absolute Gasteiger partial charge is 0.481 e. The number of carboxylic acid groups (broad SMARTS) is 1. The molecule has 0 saturated heterocycles. The lowest BCUT2D eigenvalue weighted by Gasteiger charge is -2.31. The zero-order valence-electron chi connectivity index (χ0n) is 12.6. The molecule has 1 amide bonds. The van der Waals surface area contributed by atoms with Crippen molar-refractivity contribution in [1.29, 1.82) is 0 Å². The van der Waals surface area contributed by atoms with E-state index in [1.54, 1.807) is 0 Å². The number of carbonyl (C=O) groups excluding carboxylic acids is 1. The number of hydrogen-bond acceptors (Lipinski definition) is 3. The van der Waals surface area contributed by atoms with E-state index in [1.165, 1.54) is 0 Å². The lowest BCUT2D eigenvalue weighted by molar-refractivity contribution is -0.138. The van der Waals surface area contributed by atoms with Crippen LogP contribution >= 0.6 is 0 Å². The van der Waals surface area contributed by atoms with E-state index in [0.717, 1.165) is 5.56 Å². The van der Waals surface area contributed by atoms with Crippen molar-refractivity contribution < 1.29 is 14.7 Å². The topological polar surface area (TPSA) is 92.4 Å². The van der Waals surface area contributed by atoms with Crippen LogP contribution < -0.4 is 11.1 Å². The second-order valence-electron chi connectivity index (χ2n) is 5.23. The molecule has 0 saturated carbocycles. The summed E-state index contributed by atoms with van der Waals surface area (Å²) < 4.78 is 0. The van der Waals surface area contributed by atoms with Crippen LogP contribution in [0.25, 0.3) is 0 Å². The van der Waals surface area contributed by atoms with Gasteiger partial charge in [0.05, 0.1) is 17.9 Å². The second kappa shape index (κ2) is 7.78. The third-order valence-corrected chi connectivity index (χ3v) is 4.11. The minimum atomic E-state index is -0.949. The maximum atomic E-state index is 12.5. The molecule has 116 valence electrons. The second-order valence-corrected chi connectivity index (χ2v) is 5.23. The average Bonchev–Trinajstić information content (AvgIpc) is 2.49. The van der Waals surface area contributed by atoms with Crippen LogP contribution in [0.4, 0.5) is 0 Å². The first kappa shape index (κ1) is 17.2. The molecule has 0 heterocycles. The van der Waals surface area contributed by atoms with Crippen molar-refractivity contribution in [1.82, 2.24) is 5.32 Å². The fourth-order valence-corrected chi connectivity index (χ4v) is 2.38. The molecule has 4 N–H and O–H groups in total. The van der Waals surface area contributed by atoms with E-state index >= 15 is 0 Å². The van der Waals surface area contributed by atoms with Crippen LogP contribution in [0.15, 0.2) is 30.3 Å². The van der Waals surface area contributed by atoms with Crippen molar-refractivity contribution >= 4 is 11.9 Å². The van der Waals surface area contributed by atoms with Gasteiger partial charge in [-0.3, -0.25) is 9.59 Å². The first-order valence-electron chi connectivity index (χ1n) is 7.26. The number of carbonyl (C=O) groups is 2. The highest BCUT2D eigenvalue weighted by molar-refractivity contribution is 5.83. The minimum Gasteiger partial charge on any atom is -0.481 e. The van der Waals surface area contributed by atoms with Gasteiger partial charge in [-0.25, -0.2) is 0 Å². The molecular formula is C16H24N2O3. The predicted molar refractivity (Wildman–Crippen MR) is 81.6 cm³/mol. The first-order chi connectivity index (χ1) is 9.99. The maximum Gasteiger partial charge on any atom is 0.305 e. The van der Waals surface area contributed by atoms with Gasteiger partial charge in [-0.05, 0) is 18.4 Å². The molecule has 5 nitrogen and oxygen atoms in total. The van der Waals surface area contributed by atoms with Gasteiger partial charge in [0.2, 0.25) is 5.91 Å². The first-order valence-corrected chi connectivity index (χ1v) is 7.26. The molecule has 1 atom stereocenters. The van der Waals surface area contributed by atoms with Gasteiger partial charge in [-0.2, -0.15) is 0 Å². The molecule has 0 fully saturated rings. The summed E-state index contributed by atoms with van der Waals surface area (Å²) in [6, 6.07) is 8.59. The van der Waals surface area contributed by atoms with Gasteiger partial charge in [0.25, 0.3) is 0 Å². The summed E-state index contributed by atoms with van der Waals surface area (Å²) >= 11 is 0. The van der Waals surface area contributed by atoms with Crippen molar-refractivity contribution in [2.45, 2.75) is 39.2 Å². The summed E-state index contributed by atoms with van der Waals surface area (Å²) in [5.74, 6) is -1.12. The Hall–Kier alpha value is -1.88. The Balaban J connectivity index is 2.96. The van der Waals surface area contributed by atoms with Gasteiger partial charge >= 0.3 is 5.97 Å². The van der Waals surface area contributed by atoms with Crippen molar-refractivity contribution in [3.63, 3.8) is 0 Å². The van der Waals surface area contributed by atoms with E-state index < -0.39 is 17.4 Å². The normalized spacial score (nSPS) is 12.7. The van der Waals surface area contributed by atoms with Gasteiger partial charge in [0.1, 0.15) is 0 Å². The third-order valence-electron chi connectivity index (χ3n) is 4.11. The summed E-state index contributed by atoms with van der Waals surface area (Å²) in [4.78, 5) is 23.6. The van der Waals surface area contributed by atoms with Gasteiger partial charge in [-0.1, -0.05) is 44.2 Å². The number of aliphatic carboxylic acids is 1. The Morgan fingerprint density at radius 1 is 1.24 bits per heavy atom. The van der Waals surface area contributed by atoms with E-state index in [2.05, 4.69) is 5.32 Å². The van der Waals surface area contributed by atoms with Gasteiger partial charge < -0.3 is 16.2 Å². The lowest BCUT2D eigenvalue weighted by Crippen LogP contribution is -2.46. The van der Waals surface area contributed by atoms with E-state index in [9.17, 15) is 9.59 Å². The lowest BCUT2D eigenvalue weighted by atomic mass is 9.81. The van der Waals surface area contributed by atoms with E-state index in [-0.39, 0.29) is 18.9 Å². The number of rotatable bonds is 8. The number of carboxylic acids is 1. The van der Waals surface area contributed by atoms with Crippen molar-refractivity contribution in [2.24, 2.45) is 11.1 Å².